The first-order chi connectivity index (χ1) is 11.6. The number of aromatic nitrogens is 2. The molecule has 2 heterocycles. The van der Waals surface area contributed by atoms with E-state index in [-0.39, 0.29) is 23.1 Å². The lowest BCUT2D eigenvalue weighted by atomic mass is 10.1. The molecule has 24 heavy (non-hydrogen) atoms. The van der Waals surface area contributed by atoms with Crippen molar-refractivity contribution >= 4 is 22.2 Å². The lowest BCUT2D eigenvalue weighted by molar-refractivity contribution is 0.0947. The lowest BCUT2D eigenvalue weighted by Gasteiger charge is -2.02. The molecule has 1 aromatic carbocycles. The van der Waals surface area contributed by atoms with E-state index in [1.807, 2.05) is 18.2 Å². The minimum absolute atomic E-state index is 0.107. The van der Waals surface area contributed by atoms with Crippen LogP contribution in [0.15, 0.2) is 47.5 Å². The van der Waals surface area contributed by atoms with Gasteiger partial charge in [0.15, 0.2) is 4.96 Å². The Bertz CT molecular complexity index is 961. The van der Waals surface area contributed by atoms with Gasteiger partial charge >= 0.3 is 0 Å². The normalized spacial score (nSPS) is 19.4. The predicted molar refractivity (Wildman–Crippen MR) is 93.6 cm³/mol. The second-order valence-electron chi connectivity index (χ2n) is 6.28. The van der Waals surface area contributed by atoms with Gasteiger partial charge in [-0.15, -0.1) is 11.3 Å². The van der Waals surface area contributed by atoms with E-state index in [1.165, 1.54) is 27.5 Å². The molecule has 2 atom stereocenters. The molecule has 1 aliphatic rings. The summed E-state index contributed by atoms with van der Waals surface area (Å²) in [5.41, 5.74) is 0.981. The maximum Gasteiger partial charge on any atom is 0.271 e. The zero-order chi connectivity index (χ0) is 16.7. The lowest BCUT2D eigenvalue weighted by Crippen LogP contribution is -2.33. The number of fused-ring (bicyclic) bond motifs is 1. The van der Waals surface area contributed by atoms with Crippen LogP contribution in [0.25, 0.3) is 4.96 Å². The van der Waals surface area contributed by atoms with E-state index < -0.39 is 0 Å². The van der Waals surface area contributed by atoms with E-state index in [0.717, 1.165) is 17.7 Å². The topological polar surface area (TPSA) is 63.5 Å². The third-order valence-corrected chi connectivity index (χ3v) is 5.34. The van der Waals surface area contributed by atoms with Gasteiger partial charge in [-0.1, -0.05) is 37.3 Å². The zero-order valence-corrected chi connectivity index (χ0v) is 14.0. The molecule has 0 aliphatic heterocycles. The highest BCUT2D eigenvalue weighted by Gasteiger charge is 2.34. The predicted octanol–water partition coefficient (Wildman–Crippen LogP) is 2.49. The molecule has 1 fully saturated rings. The second kappa shape index (κ2) is 5.87. The molecule has 1 amide bonds. The van der Waals surface area contributed by atoms with E-state index in [2.05, 4.69) is 29.4 Å². The smallest absolute Gasteiger partial charge is 0.271 e. The quantitative estimate of drug-likeness (QED) is 0.794. The van der Waals surface area contributed by atoms with Crippen molar-refractivity contribution in [3.8, 4) is 0 Å². The van der Waals surface area contributed by atoms with E-state index >= 15 is 0 Å². The van der Waals surface area contributed by atoms with Crippen LogP contribution in [0.1, 0.15) is 34.1 Å². The average molecular weight is 339 g/mol. The Hall–Kier alpha value is -2.47. The van der Waals surface area contributed by atoms with Crippen LogP contribution in [-0.4, -0.2) is 21.3 Å². The monoisotopic (exact) mass is 339 g/mol. The molecule has 1 saturated carbocycles. The van der Waals surface area contributed by atoms with Gasteiger partial charge in [0.2, 0.25) is 0 Å². The summed E-state index contributed by atoms with van der Waals surface area (Å²) in [6.45, 7) is 2.08. The number of carbonyl (C=O) groups excluding carboxylic acids is 1. The molecular weight excluding hydrogens is 322 g/mol. The Morgan fingerprint density at radius 3 is 2.83 bits per heavy atom. The molecule has 0 bridgehead atoms. The first kappa shape index (κ1) is 15.1. The van der Waals surface area contributed by atoms with Crippen molar-refractivity contribution in [2.24, 2.45) is 5.92 Å². The fourth-order valence-corrected chi connectivity index (χ4v) is 3.71. The van der Waals surface area contributed by atoms with Crippen molar-refractivity contribution in [3.63, 3.8) is 0 Å². The van der Waals surface area contributed by atoms with Crippen LogP contribution in [0.4, 0.5) is 0 Å². The SMILES string of the molecule is C[C@H]1C[C@@H]1NC(=O)c1cnc2sc(Cc3ccccc3)cn2c1=O. The van der Waals surface area contributed by atoms with Crippen LogP contribution in [0.5, 0.6) is 0 Å². The summed E-state index contributed by atoms with van der Waals surface area (Å²) < 4.78 is 1.48. The minimum Gasteiger partial charge on any atom is -0.349 e. The number of carbonyl (C=O) groups is 1. The summed E-state index contributed by atoms with van der Waals surface area (Å²) in [4.78, 5) is 30.8. The molecule has 1 N–H and O–H groups in total. The second-order valence-corrected chi connectivity index (χ2v) is 7.38. The summed E-state index contributed by atoms with van der Waals surface area (Å²) >= 11 is 1.47. The maximum absolute atomic E-state index is 12.6. The van der Waals surface area contributed by atoms with E-state index in [9.17, 15) is 9.59 Å². The molecule has 1 aliphatic carbocycles. The number of hydrogen-bond donors (Lipinski definition) is 1. The molecule has 0 radical (unpaired) electrons. The summed E-state index contributed by atoms with van der Waals surface area (Å²) in [5.74, 6) is 0.166. The summed E-state index contributed by atoms with van der Waals surface area (Å²) in [7, 11) is 0. The highest BCUT2D eigenvalue weighted by molar-refractivity contribution is 7.17. The van der Waals surface area contributed by atoms with Gasteiger partial charge in [0, 0.05) is 29.7 Å². The van der Waals surface area contributed by atoms with Gasteiger partial charge in [0.05, 0.1) is 0 Å². The van der Waals surface area contributed by atoms with Crippen LogP contribution in [-0.2, 0) is 6.42 Å². The van der Waals surface area contributed by atoms with Crippen LogP contribution in [0.2, 0.25) is 0 Å². The summed E-state index contributed by atoms with van der Waals surface area (Å²) in [6, 6.07) is 10.3. The number of amides is 1. The summed E-state index contributed by atoms with van der Waals surface area (Å²) in [6.07, 6.45) is 4.90. The van der Waals surface area contributed by atoms with Gasteiger partial charge in [-0.3, -0.25) is 14.0 Å². The highest BCUT2D eigenvalue weighted by atomic mass is 32.1. The van der Waals surface area contributed by atoms with Gasteiger partial charge in [0.1, 0.15) is 5.56 Å². The maximum atomic E-state index is 12.6. The van der Waals surface area contributed by atoms with Crippen molar-refractivity contribution < 1.29 is 4.79 Å². The molecule has 0 spiro atoms. The van der Waals surface area contributed by atoms with Crippen LogP contribution in [0.3, 0.4) is 0 Å². The van der Waals surface area contributed by atoms with Gasteiger partial charge in [-0.05, 0) is 17.9 Å². The Balaban J connectivity index is 1.63. The first-order valence-corrected chi connectivity index (χ1v) is 8.78. The van der Waals surface area contributed by atoms with Gasteiger partial charge < -0.3 is 5.32 Å². The fourth-order valence-electron chi connectivity index (χ4n) is 2.73. The molecule has 0 saturated heterocycles. The Labute approximate surface area is 143 Å². The Morgan fingerprint density at radius 2 is 2.12 bits per heavy atom. The van der Waals surface area contributed by atoms with Gasteiger partial charge in [0.25, 0.3) is 11.5 Å². The molecule has 5 nitrogen and oxygen atoms in total. The number of thiazole rings is 1. The molecule has 0 unspecified atom stereocenters. The standard InChI is InChI=1S/C18H17N3O2S/c1-11-7-15(11)20-16(22)14-9-19-18-21(17(14)23)10-13(24-18)8-12-5-3-2-4-6-12/h2-6,9-11,15H,7-8H2,1H3,(H,20,22)/t11-,15-/m0/s1. The van der Waals surface area contributed by atoms with E-state index in [4.69, 9.17) is 0 Å². The van der Waals surface area contributed by atoms with Crippen molar-refractivity contribution in [2.75, 3.05) is 0 Å². The Kier molecular flexibility index (Phi) is 3.69. The molecule has 4 rings (SSSR count). The van der Waals surface area contributed by atoms with Crippen LogP contribution in [0, 0.1) is 5.92 Å². The van der Waals surface area contributed by atoms with Crippen molar-refractivity contribution in [3.05, 3.63) is 69.1 Å². The summed E-state index contributed by atoms with van der Waals surface area (Å²) in [5, 5.41) is 2.88. The number of nitrogens with zero attached hydrogens (tertiary/aromatic N) is 2. The Morgan fingerprint density at radius 1 is 1.38 bits per heavy atom. The third-order valence-electron chi connectivity index (χ3n) is 4.35. The minimum atomic E-state index is -0.327. The van der Waals surface area contributed by atoms with Crippen molar-refractivity contribution in [2.45, 2.75) is 25.8 Å². The van der Waals surface area contributed by atoms with Crippen molar-refractivity contribution in [1.82, 2.24) is 14.7 Å². The first-order valence-electron chi connectivity index (χ1n) is 7.96. The molecule has 122 valence electrons. The van der Waals surface area contributed by atoms with E-state index in [1.54, 1.807) is 6.20 Å². The van der Waals surface area contributed by atoms with Crippen LogP contribution >= 0.6 is 11.3 Å². The van der Waals surface area contributed by atoms with Gasteiger partial charge in [-0.2, -0.15) is 0 Å². The number of hydrogen-bond acceptors (Lipinski definition) is 4. The fraction of sp³-hybridized carbons (Fsp3) is 0.278. The van der Waals surface area contributed by atoms with Crippen LogP contribution < -0.4 is 10.9 Å². The van der Waals surface area contributed by atoms with E-state index in [0.29, 0.717) is 10.9 Å². The molecular formula is C18H17N3O2S. The molecule has 3 aromatic rings. The third kappa shape index (κ3) is 2.85. The van der Waals surface area contributed by atoms with Crippen molar-refractivity contribution in [1.29, 1.82) is 0 Å². The molecule has 6 heteroatoms. The average Bonchev–Trinajstić information content (AvgIpc) is 3.09. The number of rotatable bonds is 4. The highest BCUT2D eigenvalue weighted by Crippen LogP contribution is 2.29. The van der Waals surface area contributed by atoms with Gasteiger partial charge in [-0.25, -0.2) is 4.98 Å². The number of benzene rings is 1. The molecule has 2 aromatic heterocycles. The number of nitrogens with one attached hydrogen (secondary N) is 1. The largest absolute Gasteiger partial charge is 0.349 e. The zero-order valence-electron chi connectivity index (χ0n) is 13.2.